The van der Waals surface area contributed by atoms with Crippen LogP contribution in [-0.2, 0) is 10.0 Å². The van der Waals surface area contributed by atoms with Gasteiger partial charge in [-0.25, -0.2) is 22.0 Å². The Morgan fingerprint density at radius 3 is 2.42 bits per heavy atom. The SMILES string of the molecule is O=C(O)c1ccc(F)c(S(=O)(=O)Nc2cc(F)cc(N3CCCC3)c2)c1. The van der Waals surface area contributed by atoms with E-state index in [9.17, 15) is 22.0 Å². The van der Waals surface area contributed by atoms with E-state index in [1.807, 2.05) is 4.90 Å². The summed E-state index contributed by atoms with van der Waals surface area (Å²) < 4.78 is 54.9. The summed E-state index contributed by atoms with van der Waals surface area (Å²) in [6, 6.07) is 6.19. The van der Waals surface area contributed by atoms with Gasteiger partial charge in [0.15, 0.2) is 0 Å². The zero-order valence-electron chi connectivity index (χ0n) is 13.6. The molecule has 2 aromatic carbocycles. The number of anilines is 2. The molecule has 6 nitrogen and oxygen atoms in total. The van der Waals surface area contributed by atoms with Crippen LogP contribution in [0, 0.1) is 11.6 Å². The number of benzene rings is 2. The van der Waals surface area contributed by atoms with E-state index >= 15 is 0 Å². The molecule has 2 N–H and O–H groups in total. The van der Waals surface area contributed by atoms with Gasteiger partial charge in [-0.15, -0.1) is 0 Å². The van der Waals surface area contributed by atoms with E-state index in [0.29, 0.717) is 5.69 Å². The van der Waals surface area contributed by atoms with Crippen molar-refractivity contribution in [1.29, 1.82) is 0 Å². The van der Waals surface area contributed by atoms with Crippen LogP contribution in [0.1, 0.15) is 23.2 Å². The van der Waals surface area contributed by atoms with Crippen molar-refractivity contribution in [2.24, 2.45) is 0 Å². The Bertz CT molecular complexity index is 957. The van der Waals surface area contributed by atoms with E-state index in [4.69, 9.17) is 5.11 Å². The highest BCUT2D eigenvalue weighted by atomic mass is 32.2. The second-order valence-corrected chi connectivity index (χ2v) is 7.60. The van der Waals surface area contributed by atoms with Crippen LogP contribution < -0.4 is 9.62 Å². The largest absolute Gasteiger partial charge is 0.478 e. The summed E-state index contributed by atoms with van der Waals surface area (Å²) in [5, 5.41) is 8.96. The molecule has 0 bridgehead atoms. The van der Waals surface area contributed by atoms with Crippen molar-refractivity contribution >= 4 is 27.4 Å². The minimum Gasteiger partial charge on any atom is -0.478 e. The van der Waals surface area contributed by atoms with Crippen molar-refractivity contribution in [3.8, 4) is 0 Å². The maximum Gasteiger partial charge on any atom is 0.335 e. The van der Waals surface area contributed by atoms with Gasteiger partial charge in [0, 0.05) is 18.8 Å². The van der Waals surface area contributed by atoms with Gasteiger partial charge < -0.3 is 10.0 Å². The van der Waals surface area contributed by atoms with Crippen LogP contribution in [0.25, 0.3) is 0 Å². The molecule has 9 heteroatoms. The van der Waals surface area contributed by atoms with Gasteiger partial charge in [-0.05, 0) is 49.2 Å². The Labute approximate surface area is 149 Å². The van der Waals surface area contributed by atoms with Crippen molar-refractivity contribution in [2.75, 3.05) is 22.7 Å². The van der Waals surface area contributed by atoms with Gasteiger partial charge in [-0.3, -0.25) is 4.72 Å². The molecule has 3 rings (SSSR count). The summed E-state index contributed by atoms with van der Waals surface area (Å²) in [5.41, 5.74) is 0.0933. The molecule has 0 saturated carbocycles. The smallest absolute Gasteiger partial charge is 0.335 e. The predicted octanol–water partition coefficient (Wildman–Crippen LogP) is 3.06. The number of aromatic carboxylic acids is 1. The van der Waals surface area contributed by atoms with Crippen LogP contribution in [-0.4, -0.2) is 32.6 Å². The molecule has 1 fully saturated rings. The molecule has 1 aliphatic rings. The normalized spacial score (nSPS) is 14.5. The third-order valence-electron chi connectivity index (χ3n) is 4.07. The Balaban J connectivity index is 1.95. The highest BCUT2D eigenvalue weighted by molar-refractivity contribution is 7.92. The van der Waals surface area contributed by atoms with Crippen molar-refractivity contribution in [3.05, 3.63) is 53.6 Å². The van der Waals surface area contributed by atoms with Crippen LogP contribution >= 0.6 is 0 Å². The molecule has 0 aliphatic carbocycles. The maximum atomic E-state index is 13.9. The predicted molar refractivity (Wildman–Crippen MR) is 92.0 cm³/mol. The fraction of sp³-hybridized carbons (Fsp3) is 0.235. The van der Waals surface area contributed by atoms with Crippen molar-refractivity contribution < 1.29 is 27.1 Å². The highest BCUT2D eigenvalue weighted by Crippen LogP contribution is 2.27. The number of carboxylic acid groups (broad SMARTS) is 1. The summed E-state index contributed by atoms with van der Waals surface area (Å²) in [4.78, 5) is 12.1. The van der Waals surface area contributed by atoms with Crippen molar-refractivity contribution in [3.63, 3.8) is 0 Å². The molecule has 0 unspecified atom stereocenters. The first-order chi connectivity index (χ1) is 12.3. The first kappa shape index (κ1) is 18.1. The Kier molecular flexibility index (Phi) is 4.82. The van der Waals surface area contributed by atoms with Crippen molar-refractivity contribution in [2.45, 2.75) is 17.7 Å². The highest BCUT2D eigenvalue weighted by Gasteiger charge is 2.22. The average Bonchev–Trinajstić information content (AvgIpc) is 3.08. The summed E-state index contributed by atoms with van der Waals surface area (Å²) in [6.45, 7) is 1.48. The number of carbonyl (C=O) groups is 1. The second-order valence-electron chi connectivity index (χ2n) is 5.95. The lowest BCUT2D eigenvalue weighted by Crippen LogP contribution is -2.19. The molecule has 0 atom stereocenters. The van der Waals surface area contributed by atoms with Gasteiger partial charge >= 0.3 is 5.97 Å². The van der Waals surface area contributed by atoms with Gasteiger partial charge in [-0.1, -0.05) is 0 Å². The second kappa shape index (κ2) is 6.91. The van der Waals surface area contributed by atoms with Gasteiger partial charge in [0.2, 0.25) is 0 Å². The maximum absolute atomic E-state index is 13.9. The van der Waals surface area contributed by atoms with E-state index in [0.717, 1.165) is 50.2 Å². The van der Waals surface area contributed by atoms with Gasteiger partial charge in [-0.2, -0.15) is 0 Å². The Hall–Kier alpha value is -2.68. The zero-order valence-corrected chi connectivity index (χ0v) is 14.4. The lowest BCUT2D eigenvalue weighted by molar-refractivity contribution is 0.0696. The van der Waals surface area contributed by atoms with Gasteiger partial charge in [0.1, 0.15) is 16.5 Å². The topological polar surface area (TPSA) is 86.7 Å². The fourth-order valence-electron chi connectivity index (χ4n) is 2.84. The third-order valence-corrected chi connectivity index (χ3v) is 5.47. The van der Waals surface area contributed by atoms with Crippen LogP contribution in [0.5, 0.6) is 0 Å². The lowest BCUT2D eigenvalue weighted by atomic mass is 10.2. The van der Waals surface area contributed by atoms with E-state index in [1.54, 1.807) is 0 Å². The Morgan fingerprint density at radius 1 is 1.08 bits per heavy atom. The summed E-state index contributed by atoms with van der Waals surface area (Å²) in [7, 11) is -4.43. The fourth-order valence-corrected chi connectivity index (χ4v) is 3.99. The molecule has 1 heterocycles. The molecule has 1 aliphatic heterocycles. The number of nitrogens with one attached hydrogen (secondary N) is 1. The Morgan fingerprint density at radius 2 is 1.77 bits per heavy atom. The minimum absolute atomic E-state index is 0.0629. The lowest BCUT2D eigenvalue weighted by Gasteiger charge is -2.19. The first-order valence-corrected chi connectivity index (χ1v) is 9.36. The summed E-state index contributed by atoms with van der Waals surface area (Å²) >= 11 is 0. The molecule has 1 saturated heterocycles. The standard InChI is InChI=1S/C17H16F2N2O4S/c18-12-8-13(10-14(9-12)21-5-1-2-6-21)20-26(24,25)16-7-11(17(22)23)3-4-15(16)19/h3-4,7-10,20H,1-2,5-6H2,(H,22,23). The molecule has 0 radical (unpaired) electrons. The third kappa shape index (κ3) is 3.77. The van der Waals surface area contributed by atoms with Crippen LogP contribution in [0.15, 0.2) is 41.3 Å². The zero-order chi connectivity index (χ0) is 18.9. The number of sulfonamides is 1. The number of rotatable bonds is 5. The van der Waals surface area contributed by atoms with E-state index < -0.39 is 32.5 Å². The summed E-state index contributed by atoms with van der Waals surface area (Å²) in [5.74, 6) is -3.12. The van der Waals surface area contributed by atoms with Gasteiger partial charge in [0.25, 0.3) is 10.0 Å². The number of nitrogens with zero attached hydrogens (tertiary/aromatic N) is 1. The van der Waals surface area contributed by atoms with Crippen LogP contribution in [0.4, 0.5) is 20.2 Å². The van der Waals surface area contributed by atoms with Crippen molar-refractivity contribution in [1.82, 2.24) is 0 Å². The monoisotopic (exact) mass is 382 g/mol. The molecule has 26 heavy (non-hydrogen) atoms. The van der Waals surface area contributed by atoms with Crippen LogP contribution in [0.3, 0.4) is 0 Å². The molecular formula is C17H16F2N2O4S. The van der Waals surface area contributed by atoms with E-state index in [-0.39, 0.29) is 11.3 Å². The molecule has 0 amide bonds. The molecule has 0 spiro atoms. The van der Waals surface area contributed by atoms with Crippen LogP contribution in [0.2, 0.25) is 0 Å². The minimum atomic E-state index is -4.43. The molecular weight excluding hydrogens is 366 g/mol. The molecule has 2 aromatic rings. The van der Waals surface area contributed by atoms with E-state index in [1.165, 1.54) is 12.1 Å². The quantitative estimate of drug-likeness (QED) is 0.830. The van der Waals surface area contributed by atoms with Gasteiger partial charge in [0.05, 0.1) is 11.3 Å². The van der Waals surface area contributed by atoms with E-state index in [2.05, 4.69) is 4.72 Å². The summed E-state index contributed by atoms with van der Waals surface area (Å²) in [6.07, 6.45) is 1.93. The molecule has 0 aromatic heterocycles. The number of carboxylic acids is 1. The molecule has 138 valence electrons. The number of hydrogen-bond acceptors (Lipinski definition) is 4. The first-order valence-electron chi connectivity index (χ1n) is 7.87. The number of hydrogen-bond donors (Lipinski definition) is 2. The average molecular weight is 382 g/mol. The number of halogens is 2.